The highest BCUT2D eigenvalue weighted by Gasteiger charge is 2.29. The minimum atomic E-state index is -3.84. The van der Waals surface area contributed by atoms with Crippen LogP contribution in [0.3, 0.4) is 0 Å². The van der Waals surface area contributed by atoms with Crippen LogP contribution in [0.5, 0.6) is 0 Å². The summed E-state index contributed by atoms with van der Waals surface area (Å²) in [6, 6.07) is 13.1. The molecule has 0 fully saturated rings. The average molecular weight is 514 g/mol. The summed E-state index contributed by atoms with van der Waals surface area (Å²) in [5.74, 6) is -0.804. The Morgan fingerprint density at radius 3 is 2.21 bits per heavy atom. The maximum absolute atomic E-state index is 13.4. The maximum Gasteiger partial charge on any atom is 0.244 e. The number of benzene rings is 2. The molecular formula is C23H29Cl2N3O4S. The minimum Gasteiger partial charge on any atom is -0.354 e. The Labute approximate surface area is 205 Å². The van der Waals surface area contributed by atoms with E-state index in [-0.39, 0.29) is 28.2 Å². The second-order valence-corrected chi connectivity index (χ2v) is 10.5. The van der Waals surface area contributed by atoms with Crippen LogP contribution >= 0.6 is 23.2 Å². The lowest BCUT2D eigenvalue weighted by Crippen LogP contribution is -2.52. The van der Waals surface area contributed by atoms with Crippen molar-refractivity contribution in [1.29, 1.82) is 0 Å². The molecule has 2 amide bonds. The molecule has 2 aromatic carbocycles. The molecule has 180 valence electrons. The van der Waals surface area contributed by atoms with Gasteiger partial charge in [0, 0.05) is 23.1 Å². The van der Waals surface area contributed by atoms with Crippen LogP contribution in [0.25, 0.3) is 0 Å². The van der Waals surface area contributed by atoms with E-state index in [4.69, 9.17) is 23.2 Å². The summed E-state index contributed by atoms with van der Waals surface area (Å²) in [7, 11) is -3.84. The number of hydrogen-bond donors (Lipinski definition) is 1. The molecule has 0 saturated carbocycles. The SMILES string of the molecule is CCCNC(=O)[C@@H](C)N(CCc1ccccc1)C(=O)CN(c1cc(Cl)cc(Cl)c1)S(C)(=O)=O. The zero-order valence-corrected chi connectivity index (χ0v) is 21.3. The quantitative estimate of drug-likeness (QED) is 0.495. The van der Waals surface area contributed by atoms with E-state index in [1.54, 1.807) is 6.92 Å². The Morgan fingerprint density at radius 2 is 1.67 bits per heavy atom. The largest absolute Gasteiger partial charge is 0.354 e. The van der Waals surface area contributed by atoms with E-state index in [1.807, 2.05) is 37.3 Å². The Bertz CT molecular complexity index is 1040. The van der Waals surface area contributed by atoms with Gasteiger partial charge in [-0.2, -0.15) is 0 Å². The van der Waals surface area contributed by atoms with Crippen molar-refractivity contribution in [3.05, 3.63) is 64.1 Å². The van der Waals surface area contributed by atoms with Gasteiger partial charge in [0.15, 0.2) is 0 Å². The molecule has 0 aliphatic rings. The van der Waals surface area contributed by atoms with Gasteiger partial charge in [0.05, 0.1) is 11.9 Å². The lowest BCUT2D eigenvalue weighted by molar-refractivity contribution is -0.138. The van der Waals surface area contributed by atoms with Crippen molar-refractivity contribution in [3.63, 3.8) is 0 Å². The van der Waals surface area contributed by atoms with Gasteiger partial charge in [-0.3, -0.25) is 13.9 Å². The number of nitrogens with one attached hydrogen (secondary N) is 1. The summed E-state index contributed by atoms with van der Waals surface area (Å²) in [6.45, 7) is 3.81. The van der Waals surface area contributed by atoms with E-state index in [2.05, 4.69) is 5.32 Å². The highest BCUT2D eigenvalue weighted by atomic mass is 35.5. The molecule has 1 atom stereocenters. The maximum atomic E-state index is 13.4. The number of carbonyl (C=O) groups excluding carboxylic acids is 2. The molecule has 0 heterocycles. The van der Waals surface area contributed by atoms with Crippen LogP contribution in [-0.2, 0) is 26.0 Å². The molecule has 7 nitrogen and oxygen atoms in total. The van der Waals surface area contributed by atoms with Crippen LogP contribution < -0.4 is 9.62 Å². The third-order valence-electron chi connectivity index (χ3n) is 5.02. The van der Waals surface area contributed by atoms with Gasteiger partial charge in [0.25, 0.3) is 0 Å². The summed E-state index contributed by atoms with van der Waals surface area (Å²) in [5, 5.41) is 3.28. The Balaban J connectivity index is 2.32. The molecule has 0 saturated heterocycles. The van der Waals surface area contributed by atoms with Crippen molar-refractivity contribution in [1.82, 2.24) is 10.2 Å². The predicted molar refractivity (Wildman–Crippen MR) is 133 cm³/mol. The van der Waals surface area contributed by atoms with Gasteiger partial charge in [-0.15, -0.1) is 0 Å². The Kier molecular flexibility index (Phi) is 10.0. The van der Waals surface area contributed by atoms with Crippen molar-refractivity contribution in [3.8, 4) is 0 Å². The summed E-state index contributed by atoms with van der Waals surface area (Å²) in [5.41, 5.74) is 1.17. The van der Waals surface area contributed by atoms with E-state index in [9.17, 15) is 18.0 Å². The first-order chi connectivity index (χ1) is 15.5. The van der Waals surface area contributed by atoms with Crippen LogP contribution in [0, 0.1) is 0 Å². The first-order valence-corrected chi connectivity index (χ1v) is 13.2. The second kappa shape index (κ2) is 12.3. The molecular weight excluding hydrogens is 485 g/mol. The van der Waals surface area contributed by atoms with Crippen molar-refractivity contribution in [2.45, 2.75) is 32.7 Å². The van der Waals surface area contributed by atoms with Crippen molar-refractivity contribution in [2.24, 2.45) is 0 Å². The Morgan fingerprint density at radius 1 is 1.06 bits per heavy atom. The van der Waals surface area contributed by atoms with E-state index >= 15 is 0 Å². The molecule has 0 bridgehead atoms. The second-order valence-electron chi connectivity index (χ2n) is 7.69. The molecule has 33 heavy (non-hydrogen) atoms. The van der Waals surface area contributed by atoms with Gasteiger partial charge in [-0.25, -0.2) is 8.42 Å². The first kappa shape index (κ1) is 27.0. The number of sulfonamides is 1. The molecule has 10 heteroatoms. The van der Waals surface area contributed by atoms with Crippen molar-refractivity contribution in [2.75, 3.05) is 30.2 Å². The molecule has 0 aromatic heterocycles. The van der Waals surface area contributed by atoms with Gasteiger partial charge in [-0.1, -0.05) is 60.5 Å². The molecule has 1 N–H and O–H groups in total. The lowest BCUT2D eigenvalue weighted by Gasteiger charge is -2.31. The molecule has 2 aromatic rings. The van der Waals surface area contributed by atoms with Crippen molar-refractivity contribution >= 4 is 50.7 Å². The number of anilines is 1. The van der Waals surface area contributed by atoms with Crippen LogP contribution in [-0.4, -0.2) is 57.1 Å². The number of nitrogens with zero attached hydrogens (tertiary/aromatic N) is 2. The summed E-state index contributed by atoms with van der Waals surface area (Å²) in [6.07, 6.45) is 2.27. The van der Waals surface area contributed by atoms with Crippen molar-refractivity contribution < 1.29 is 18.0 Å². The molecule has 0 aliphatic heterocycles. The van der Waals surface area contributed by atoms with Crippen LogP contribution in [0.4, 0.5) is 5.69 Å². The molecule has 0 aliphatic carbocycles. The van der Waals surface area contributed by atoms with Gasteiger partial charge in [0.1, 0.15) is 12.6 Å². The van der Waals surface area contributed by atoms with E-state index in [0.717, 1.165) is 22.5 Å². The van der Waals surface area contributed by atoms with Gasteiger partial charge < -0.3 is 10.2 Å². The van der Waals surface area contributed by atoms with Crippen LogP contribution in [0.2, 0.25) is 10.0 Å². The molecule has 2 rings (SSSR count). The highest BCUT2D eigenvalue weighted by Crippen LogP contribution is 2.27. The number of hydrogen-bond acceptors (Lipinski definition) is 4. The van der Waals surface area contributed by atoms with Gasteiger partial charge in [0.2, 0.25) is 21.8 Å². The molecule has 0 radical (unpaired) electrons. The van der Waals surface area contributed by atoms with Crippen LogP contribution in [0.15, 0.2) is 48.5 Å². The number of carbonyl (C=O) groups is 2. The smallest absolute Gasteiger partial charge is 0.244 e. The monoisotopic (exact) mass is 513 g/mol. The average Bonchev–Trinajstić information content (AvgIpc) is 2.75. The topological polar surface area (TPSA) is 86.8 Å². The summed E-state index contributed by atoms with van der Waals surface area (Å²) < 4.78 is 26.0. The molecule has 0 spiro atoms. The van der Waals surface area contributed by atoms with Gasteiger partial charge in [-0.05, 0) is 43.5 Å². The van der Waals surface area contributed by atoms with Crippen LogP contribution in [0.1, 0.15) is 25.8 Å². The van der Waals surface area contributed by atoms with E-state index in [1.165, 1.54) is 23.1 Å². The summed E-state index contributed by atoms with van der Waals surface area (Å²) >= 11 is 12.1. The van der Waals surface area contributed by atoms with E-state index < -0.39 is 28.5 Å². The zero-order chi connectivity index (χ0) is 24.6. The fourth-order valence-electron chi connectivity index (χ4n) is 3.26. The standard InChI is InChI=1S/C23H29Cl2N3O4S/c1-4-11-26-23(30)17(2)27(12-10-18-8-6-5-7-9-18)22(29)16-28(33(3,31)32)21-14-19(24)13-20(25)15-21/h5-9,13-15,17H,4,10-12,16H2,1-3H3,(H,26,30)/t17-/m1/s1. The predicted octanol–water partition coefficient (Wildman–Crippen LogP) is 3.75. The molecule has 0 unspecified atom stereocenters. The Hall–Kier alpha value is -2.29. The minimum absolute atomic E-state index is 0.175. The lowest BCUT2D eigenvalue weighted by atomic mass is 10.1. The summed E-state index contributed by atoms with van der Waals surface area (Å²) in [4.78, 5) is 27.4. The number of rotatable bonds is 11. The highest BCUT2D eigenvalue weighted by molar-refractivity contribution is 7.92. The zero-order valence-electron chi connectivity index (χ0n) is 18.9. The normalized spacial score (nSPS) is 12.2. The fourth-order valence-corrected chi connectivity index (χ4v) is 4.61. The fraction of sp³-hybridized carbons (Fsp3) is 0.391. The van der Waals surface area contributed by atoms with E-state index in [0.29, 0.717) is 13.0 Å². The first-order valence-electron chi connectivity index (χ1n) is 10.6. The number of amides is 2. The third kappa shape index (κ3) is 8.21. The van der Waals surface area contributed by atoms with Gasteiger partial charge >= 0.3 is 0 Å². The number of halogens is 2. The third-order valence-corrected chi connectivity index (χ3v) is 6.59.